The molecular weight excluding hydrogens is 525 g/mol. The van der Waals surface area contributed by atoms with Gasteiger partial charge in [0.25, 0.3) is 5.56 Å². The van der Waals surface area contributed by atoms with Crippen LogP contribution >= 0.6 is 0 Å². The second-order valence-electron chi connectivity index (χ2n) is 11.0. The van der Waals surface area contributed by atoms with E-state index in [2.05, 4.69) is 32.6 Å². The van der Waals surface area contributed by atoms with Gasteiger partial charge in [-0.2, -0.15) is 4.98 Å². The van der Waals surface area contributed by atoms with Gasteiger partial charge in [0, 0.05) is 62.7 Å². The van der Waals surface area contributed by atoms with Crippen LogP contribution in [-0.2, 0) is 13.6 Å². The summed E-state index contributed by atoms with van der Waals surface area (Å²) in [7, 11) is 1.85. The Hall–Kier alpha value is -4.58. The van der Waals surface area contributed by atoms with Crippen LogP contribution in [0.25, 0.3) is 33.7 Å². The maximum atomic E-state index is 15.1. The summed E-state index contributed by atoms with van der Waals surface area (Å²) in [5.41, 5.74) is 3.34. The lowest BCUT2D eigenvalue weighted by atomic mass is 10.2. The summed E-state index contributed by atoms with van der Waals surface area (Å²) in [5.74, 6) is 0.958. The summed E-state index contributed by atoms with van der Waals surface area (Å²) in [6.07, 6.45) is 8.79. The lowest BCUT2D eigenvalue weighted by molar-refractivity contribution is 0.420. The smallest absolute Gasteiger partial charge is 0.263 e. The van der Waals surface area contributed by atoms with Crippen molar-refractivity contribution in [2.24, 2.45) is 13.0 Å². The molecule has 1 saturated heterocycles. The fraction of sp³-hybridized carbons (Fsp3) is 0.345. The number of hydrogen-bond donors (Lipinski definition) is 2. The first kappa shape index (κ1) is 25.4. The first-order valence-corrected chi connectivity index (χ1v) is 13.8. The van der Waals surface area contributed by atoms with E-state index in [1.165, 1.54) is 12.3 Å². The van der Waals surface area contributed by atoms with Gasteiger partial charge in [-0.25, -0.2) is 14.4 Å². The molecule has 1 aliphatic carbocycles. The molecule has 210 valence electrons. The summed E-state index contributed by atoms with van der Waals surface area (Å²) in [4.78, 5) is 29.8. The minimum Gasteiger partial charge on any atom is -0.366 e. The van der Waals surface area contributed by atoms with Crippen molar-refractivity contribution < 1.29 is 8.91 Å². The lowest BCUT2D eigenvalue weighted by Crippen LogP contribution is -2.49. The largest absolute Gasteiger partial charge is 0.366 e. The fourth-order valence-corrected chi connectivity index (χ4v) is 5.42. The van der Waals surface area contributed by atoms with Gasteiger partial charge in [-0.05, 0) is 49.9 Å². The van der Waals surface area contributed by atoms with Gasteiger partial charge in [0.15, 0.2) is 0 Å². The molecule has 11 nitrogen and oxygen atoms in total. The number of rotatable bonds is 7. The van der Waals surface area contributed by atoms with Crippen molar-refractivity contribution in [3.63, 3.8) is 0 Å². The van der Waals surface area contributed by atoms with E-state index in [0.717, 1.165) is 43.4 Å². The second kappa shape index (κ2) is 10.1. The molecule has 2 N–H and O–H groups in total. The number of nitrogens with one attached hydrogen (secondary N) is 2. The lowest BCUT2D eigenvalue weighted by Gasteiger charge is -2.33. The summed E-state index contributed by atoms with van der Waals surface area (Å²) < 4.78 is 23.6. The topological polar surface area (TPSA) is 119 Å². The van der Waals surface area contributed by atoms with Gasteiger partial charge in [-0.1, -0.05) is 5.16 Å². The van der Waals surface area contributed by atoms with Crippen LogP contribution in [0.15, 0.2) is 58.4 Å². The van der Waals surface area contributed by atoms with Crippen molar-refractivity contribution in [1.29, 1.82) is 0 Å². The van der Waals surface area contributed by atoms with Crippen LogP contribution in [0.2, 0.25) is 0 Å². The quantitative estimate of drug-likeness (QED) is 0.308. The third kappa shape index (κ3) is 4.95. The van der Waals surface area contributed by atoms with Crippen LogP contribution in [-0.4, -0.2) is 54.9 Å². The highest BCUT2D eigenvalue weighted by Gasteiger charge is 2.26. The molecular formula is C29H30FN9O2. The van der Waals surface area contributed by atoms with Gasteiger partial charge in [0.2, 0.25) is 5.95 Å². The van der Waals surface area contributed by atoms with E-state index in [0.29, 0.717) is 58.6 Å². The van der Waals surface area contributed by atoms with Gasteiger partial charge < -0.3 is 24.6 Å². The molecule has 5 heterocycles. The number of pyridine rings is 1. The number of fused-ring (bicyclic) bond motifs is 1. The maximum absolute atomic E-state index is 15.1. The minimum absolute atomic E-state index is 0.166. The van der Waals surface area contributed by atoms with Gasteiger partial charge in [-0.15, -0.1) is 0 Å². The van der Waals surface area contributed by atoms with Gasteiger partial charge in [-0.3, -0.25) is 9.36 Å². The van der Waals surface area contributed by atoms with Crippen molar-refractivity contribution in [2.75, 3.05) is 29.9 Å². The van der Waals surface area contributed by atoms with Crippen LogP contribution in [0.3, 0.4) is 0 Å². The predicted molar refractivity (Wildman–Crippen MR) is 154 cm³/mol. The Kier molecular flexibility index (Phi) is 6.26. The highest BCUT2D eigenvalue weighted by molar-refractivity contribution is 5.81. The average Bonchev–Trinajstić information content (AvgIpc) is 3.44. The number of aromatic nitrogens is 6. The zero-order valence-corrected chi connectivity index (χ0v) is 22.8. The average molecular weight is 556 g/mol. The van der Waals surface area contributed by atoms with Crippen molar-refractivity contribution >= 4 is 28.4 Å². The molecule has 0 spiro atoms. The molecule has 7 rings (SSSR count). The standard InChI is InChI=1S/C29H30FN9O2/c1-17-13-38(8-7-31-17)25-6-5-21(10-23(25)30)34-29-32-11-19-9-22(28(40)39(26(19)36-29)14-18-3-4-18)27-35-24(15-37(27)2)20-12-33-41-16-20/h5-6,9-12,15-18,31H,3-4,7-8,13-14H2,1-2H3,(H,32,34,36). The van der Waals surface area contributed by atoms with E-state index < -0.39 is 0 Å². The van der Waals surface area contributed by atoms with E-state index in [1.54, 1.807) is 29.1 Å². The zero-order valence-electron chi connectivity index (χ0n) is 22.8. The third-order valence-corrected chi connectivity index (χ3v) is 7.72. The number of benzene rings is 1. The first-order chi connectivity index (χ1) is 19.9. The van der Waals surface area contributed by atoms with Crippen LogP contribution < -0.4 is 21.1 Å². The van der Waals surface area contributed by atoms with E-state index in [4.69, 9.17) is 14.5 Å². The Bertz CT molecular complexity index is 1790. The van der Waals surface area contributed by atoms with E-state index >= 15 is 4.39 Å². The molecule has 1 aromatic carbocycles. The summed E-state index contributed by atoms with van der Waals surface area (Å²) in [6, 6.07) is 7.16. The Labute approximate surface area is 235 Å². The molecule has 1 atom stereocenters. The maximum Gasteiger partial charge on any atom is 0.263 e. The number of imidazole rings is 1. The van der Waals surface area contributed by atoms with Crippen molar-refractivity contribution in [2.45, 2.75) is 32.4 Å². The highest BCUT2D eigenvalue weighted by Crippen LogP contribution is 2.32. The molecule has 12 heteroatoms. The second-order valence-corrected chi connectivity index (χ2v) is 11.0. The molecule has 0 radical (unpaired) electrons. The molecule has 2 fully saturated rings. The molecule has 5 aromatic rings. The molecule has 4 aromatic heterocycles. The number of hydrogen-bond acceptors (Lipinski definition) is 9. The van der Waals surface area contributed by atoms with Gasteiger partial charge in [0.1, 0.15) is 23.6 Å². The van der Waals surface area contributed by atoms with E-state index in [-0.39, 0.29) is 11.4 Å². The van der Waals surface area contributed by atoms with Crippen LogP contribution in [0.5, 0.6) is 0 Å². The molecule has 0 bridgehead atoms. The number of nitrogens with zero attached hydrogens (tertiary/aromatic N) is 7. The highest BCUT2D eigenvalue weighted by atomic mass is 19.1. The number of aryl methyl sites for hydroxylation is 1. The minimum atomic E-state index is -0.305. The van der Waals surface area contributed by atoms with E-state index in [1.807, 2.05) is 23.9 Å². The summed E-state index contributed by atoms with van der Waals surface area (Å²) >= 11 is 0. The Morgan fingerprint density at radius 1 is 1.20 bits per heavy atom. The Morgan fingerprint density at radius 3 is 2.83 bits per heavy atom. The molecule has 41 heavy (non-hydrogen) atoms. The normalized spacial score (nSPS) is 17.3. The molecule has 1 unspecified atom stereocenters. The molecule has 0 amide bonds. The molecule has 1 aliphatic heterocycles. The van der Waals surface area contributed by atoms with Crippen molar-refractivity contribution in [3.8, 4) is 22.6 Å². The third-order valence-electron chi connectivity index (χ3n) is 7.72. The van der Waals surface area contributed by atoms with Crippen LogP contribution in [0.4, 0.5) is 21.7 Å². The van der Waals surface area contributed by atoms with Gasteiger partial charge >= 0.3 is 0 Å². The molecule has 1 saturated carbocycles. The predicted octanol–water partition coefficient (Wildman–Crippen LogP) is 3.94. The monoisotopic (exact) mass is 555 g/mol. The van der Waals surface area contributed by atoms with E-state index in [9.17, 15) is 4.79 Å². The summed E-state index contributed by atoms with van der Waals surface area (Å²) in [5, 5.41) is 11.0. The van der Waals surface area contributed by atoms with Gasteiger partial charge in [0.05, 0.1) is 28.7 Å². The first-order valence-electron chi connectivity index (χ1n) is 13.8. The summed E-state index contributed by atoms with van der Waals surface area (Å²) in [6.45, 7) is 4.98. The number of piperazine rings is 1. The number of anilines is 3. The zero-order chi connectivity index (χ0) is 28.1. The molecule has 2 aliphatic rings. The SMILES string of the molecule is CC1CN(c2ccc(Nc3ncc4cc(-c5nc(-c6cnoc6)cn5C)c(=O)n(CC5CC5)c4n3)cc2F)CCN1. The van der Waals surface area contributed by atoms with Crippen LogP contribution in [0, 0.1) is 11.7 Å². The Balaban J connectivity index is 1.23. The van der Waals surface area contributed by atoms with Crippen molar-refractivity contribution in [1.82, 2.24) is 34.6 Å². The fourth-order valence-electron chi connectivity index (χ4n) is 5.42. The van der Waals surface area contributed by atoms with Crippen LogP contribution in [0.1, 0.15) is 19.8 Å². The van der Waals surface area contributed by atoms with Crippen molar-refractivity contribution in [3.05, 3.63) is 65.3 Å². The number of halogens is 1. The Morgan fingerprint density at radius 2 is 2.07 bits per heavy atom.